The summed E-state index contributed by atoms with van der Waals surface area (Å²) in [6.45, 7) is 4.69. The first-order valence-electron chi connectivity index (χ1n) is 6.41. The second kappa shape index (κ2) is 6.12. The van der Waals surface area contributed by atoms with Crippen molar-refractivity contribution < 1.29 is 4.74 Å². The van der Waals surface area contributed by atoms with E-state index in [1.54, 1.807) is 0 Å². The van der Waals surface area contributed by atoms with Gasteiger partial charge in [0.2, 0.25) is 16.4 Å². The van der Waals surface area contributed by atoms with Gasteiger partial charge in [-0.1, -0.05) is 0 Å². The topological polar surface area (TPSA) is 81.8 Å². The number of rotatable bonds is 3. The van der Waals surface area contributed by atoms with E-state index in [9.17, 15) is 0 Å². The van der Waals surface area contributed by atoms with Gasteiger partial charge >= 0.3 is 0 Å². The zero-order chi connectivity index (χ0) is 14.8. The van der Waals surface area contributed by atoms with Gasteiger partial charge in [0.15, 0.2) is 5.16 Å². The Bertz CT molecular complexity index is 643. The van der Waals surface area contributed by atoms with Crippen molar-refractivity contribution in [2.75, 3.05) is 31.2 Å². The SMILES string of the molecule is Cc1nnc(Sc2nc(Cl)nc(N3CCOCC3)n2)n1C. The highest BCUT2D eigenvalue weighted by molar-refractivity contribution is 7.99. The molecule has 2 aromatic heterocycles. The van der Waals surface area contributed by atoms with Crippen LogP contribution in [0.25, 0.3) is 0 Å². The first kappa shape index (κ1) is 14.5. The van der Waals surface area contributed by atoms with Crippen molar-refractivity contribution in [3.05, 3.63) is 11.1 Å². The maximum Gasteiger partial charge on any atom is 0.230 e. The Balaban J connectivity index is 1.85. The molecule has 0 bridgehead atoms. The molecule has 2 aromatic rings. The van der Waals surface area contributed by atoms with Gasteiger partial charge in [0.1, 0.15) is 5.82 Å². The lowest BCUT2D eigenvalue weighted by Crippen LogP contribution is -2.37. The van der Waals surface area contributed by atoms with Crippen molar-refractivity contribution in [1.29, 1.82) is 0 Å². The minimum Gasteiger partial charge on any atom is -0.378 e. The van der Waals surface area contributed by atoms with Crippen molar-refractivity contribution in [2.45, 2.75) is 17.2 Å². The van der Waals surface area contributed by atoms with Crippen molar-refractivity contribution in [1.82, 2.24) is 29.7 Å². The second-order valence-corrected chi connectivity index (χ2v) is 5.75. The molecule has 3 rings (SSSR count). The van der Waals surface area contributed by atoms with E-state index in [1.807, 2.05) is 23.4 Å². The lowest BCUT2D eigenvalue weighted by Gasteiger charge is -2.26. The maximum absolute atomic E-state index is 6.00. The predicted octanol–water partition coefficient (Wildman–Crippen LogP) is 0.950. The van der Waals surface area contributed by atoms with Crippen LogP contribution < -0.4 is 4.90 Å². The van der Waals surface area contributed by atoms with E-state index in [2.05, 4.69) is 25.1 Å². The summed E-state index contributed by atoms with van der Waals surface area (Å²) in [6.07, 6.45) is 0. The summed E-state index contributed by atoms with van der Waals surface area (Å²) in [7, 11) is 1.89. The molecule has 8 nitrogen and oxygen atoms in total. The summed E-state index contributed by atoms with van der Waals surface area (Å²) in [5, 5.41) is 9.48. The second-order valence-electron chi connectivity index (χ2n) is 4.48. The molecular formula is C11H14ClN7OS. The molecule has 1 aliphatic heterocycles. The summed E-state index contributed by atoms with van der Waals surface area (Å²) in [5.41, 5.74) is 0. The fraction of sp³-hybridized carbons (Fsp3) is 0.545. The van der Waals surface area contributed by atoms with Crippen LogP contribution in [-0.4, -0.2) is 56.0 Å². The normalized spacial score (nSPS) is 15.5. The van der Waals surface area contributed by atoms with Crippen molar-refractivity contribution >= 4 is 29.3 Å². The molecule has 10 heteroatoms. The zero-order valence-corrected chi connectivity index (χ0v) is 13.2. The van der Waals surface area contributed by atoms with E-state index in [0.29, 0.717) is 29.5 Å². The monoisotopic (exact) mass is 327 g/mol. The van der Waals surface area contributed by atoms with E-state index in [1.165, 1.54) is 11.8 Å². The lowest BCUT2D eigenvalue weighted by atomic mass is 10.4. The van der Waals surface area contributed by atoms with E-state index in [0.717, 1.165) is 18.9 Å². The van der Waals surface area contributed by atoms with Crippen molar-refractivity contribution in [2.24, 2.45) is 7.05 Å². The smallest absolute Gasteiger partial charge is 0.230 e. The average molecular weight is 328 g/mol. The van der Waals surface area contributed by atoms with Crippen LogP contribution in [0.4, 0.5) is 5.95 Å². The van der Waals surface area contributed by atoms with Gasteiger partial charge in [0.25, 0.3) is 0 Å². The maximum atomic E-state index is 6.00. The number of halogens is 1. The highest BCUT2D eigenvalue weighted by Crippen LogP contribution is 2.25. The van der Waals surface area contributed by atoms with Gasteiger partial charge < -0.3 is 14.2 Å². The van der Waals surface area contributed by atoms with Gasteiger partial charge in [-0.05, 0) is 30.3 Å². The van der Waals surface area contributed by atoms with Gasteiger partial charge in [-0.15, -0.1) is 10.2 Å². The van der Waals surface area contributed by atoms with E-state index < -0.39 is 0 Å². The van der Waals surface area contributed by atoms with Crippen LogP contribution >= 0.6 is 23.4 Å². The molecule has 0 amide bonds. The quantitative estimate of drug-likeness (QED) is 0.824. The molecule has 0 radical (unpaired) electrons. The van der Waals surface area contributed by atoms with Gasteiger partial charge in [-0.2, -0.15) is 15.0 Å². The summed E-state index contributed by atoms with van der Waals surface area (Å²) >= 11 is 7.32. The molecule has 0 spiro atoms. The van der Waals surface area contributed by atoms with Crippen LogP contribution in [0, 0.1) is 6.92 Å². The van der Waals surface area contributed by atoms with Gasteiger partial charge in [0.05, 0.1) is 13.2 Å². The first-order valence-corrected chi connectivity index (χ1v) is 7.61. The van der Waals surface area contributed by atoms with E-state index in [4.69, 9.17) is 16.3 Å². The Labute approximate surface area is 130 Å². The molecule has 1 aliphatic rings. The third-order valence-electron chi connectivity index (χ3n) is 3.10. The van der Waals surface area contributed by atoms with Crippen molar-refractivity contribution in [3.8, 4) is 0 Å². The molecule has 0 unspecified atom stereocenters. The van der Waals surface area contributed by atoms with Gasteiger partial charge in [-0.25, -0.2) is 0 Å². The fourth-order valence-corrected chi connectivity index (χ4v) is 2.81. The standard InChI is InChI=1S/C11H14ClN7OS/c1-7-16-17-11(18(7)2)21-10-14-8(12)13-9(15-10)19-3-5-20-6-4-19/h3-6H2,1-2H3. The van der Waals surface area contributed by atoms with E-state index >= 15 is 0 Å². The summed E-state index contributed by atoms with van der Waals surface area (Å²) < 4.78 is 7.19. The van der Waals surface area contributed by atoms with Crippen LogP contribution in [-0.2, 0) is 11.8 Å². The van der Waals surface area contributed by atoms with Crippen LogP contribution in [0.15, 0.2) is 10.3 Å². The molecule has 112 valence electrons. The number of aryl methyl sites for hydroxylation is 1. The highest BCUT2D eigenvalue weighted by Gasteiger charge is 2.17. The number of ether oxygens (including phenoxy) is 1. The molecule has 0 aliphatic carbocycles. The zero-order valence-electron chi connectivity index (χ0n) is 11.7. The molecule has 21 heavy (non-hydrogen) atoms. The van der Waals surface area contributed by atoms with E-state index in [-0.39, 0.29) is 5.28 Å². The summed E-state index contributed by atoms with van der Waals surface area (Å²) in [4.78, 5) is 14.8. The highest BCUT2D eigenvalue weighted by atomic mass is 35.5. The summed E-state index contributed by atoms with van der Waals surface area (Å²) in [6, 6.07) is 0. The third kappa shape index (κ3) is 3.25. The number of anilines is 1. The Morgan fingerprint density at radius 2 is 1.90 bits per heavy atom. The Morgan fingerprint density at radius 3 is 2.57 bits per heavy atom. The van der Waals surface area contributed by atoms with Crippen LogP contribution in [0.2, 0.25) is 5.28 Å². The number of aromatic nitrogens is 6. The number of morpholine rings is 1. The summed E-state index contributed by atoms with van der Waals surface area (Å²) in [5.74, 6) is 1.39. The molecule has 0 N–H and O–H groups in total. The number of hydrogen-bond donors (Lipinski definition) is 0. The fourth-order valence-electron chi connectivity index (χ4n) is 1.83. The Kier molecular flexibility index (Phi) is 4.22. The first-order chi connectivity index (χ1) is 10.1. The molecule has 0 atom stereocenters. The Hall–Kier alpha value is -1.45. The Morgan fingerprint density at radius 1 is 1.14 bits per heavy atom. The minimum absolute atomic E-state index is 0.174. The minimum atomic E-state index is 0.174. The molecule has 1 saturated heterocycles. The molecule has 3 heterocycles. The molecule has 0 aromatic carbocycles. The van der Waals surface area contributed by atoms with Crippen molar-refractivity contribution in [3.63, 3.8) is 0 Å². The largest absolute Gasteiger partial charge is 0.378 e. The molecule has 0 saturated carbocycles. The number of hydrogen-bond acceptors (Lipinski definition) is 8. The number of nitrogens with zero attached hydrogens (tertiary/aromatic N) is 7. The van der Waals surface area contributed by atoms with Crippen LogP contribution in [0.3, 0.4) is 0 Å². The molecular weight excluding hydrogens is 314 g/mol. The predicted molar refractivity (Wildman–Crippen MR) is 77.7 cm³/mol. The van der Waals surface area contributed by atoms with Gasteiger partial charge in [0, 0.05) is 20.1 Å². The van der Waals surface area contributed by atoms with Crippen LogP contribution in [0.5, 0.6) is 0 Å². The lowest BCUT2D eigenvalue weighted by molar-refractivity contribution is 0.122. The molecule has 1 fully saturated rings. The average Bonchev–Trinajstić information content (AvgIpc) is 2.80. The van der Waals surface area contributed by atoms with Gasteiger partial charge in [-0.3, -0.25) is 0 Å². The van der Waals surface area contributed by atoms with Crippen LogP contribution in [0.1, 0.15) is 5.82 Å². The third-order valence-corrected chi connectivity index (χ3v) is 4.18.